The van der Waals surface area contributed by atoms with E-state index in [1.165, 1.54) is 32.3 Å². The highest BCUT2D eigenvalue weighted by Gasteiger charge is 2.31. The van der Waals surface area contributed by atoms with E-state index in [1.54, 1.807) is 31.3 Å². The van der Waals surface area contributed by atoms with Gasteiger partial charge in [0.2, 0.25) is 0 Å². The molecule has 9 heteroatoms. The first kappa shape index (κ1) is 21.9. The summed E-state index contributed by atoms with van der Waals surface area (Å²) in [6.07, 6.45) is 6.28. The molecule has 0 bridgehead atoms. The van der Waals surface area contributed by atoms with Crippen molar-refractivity contribution in [3.63, 3.8) is 0 Å². The molecular formula is C19H17Br2NO6. The Morgan fingerprint density at radius 1 is 0.929 bits per heavy atom. The highest BCUT2D eigenvalue weighted by molar-refractivity contribution is 9.11. The number of esters is 3. The highest BCUT2D eigenvalue weighted by atomic mass is 79.9. The summed E-state index contributed by atoms with van der Waals surface area (Å²) in [6, 6.07) is 1.71. The van der Waals surface area contributed by atoms with Crippen molar-refractivity contribution in [3.05, 3.63) is 61.8 Å². The van der Waals surface area contributed by atoms with Crippen molar-refractivity contribution in [2.75, 3.05) is 26.2 Å². The van der Waals surface area contributed by atoms with Crippen LogP contribution in [0.1, 0.15) is 15.9 Å². The lowest BCUT2D eigenvalue weighted by Gasteiger charge is -2.27. The summed E-state index contributed by atoms with van der Waals surface area (Å²) >= 11 is 6.80. The molecule has 0 unspecified atom stereocenters. The van der Waals surface area contributed by atoms with E-state index in [1.807, 2.05) is 0 Å². The van der Waals surface area contributed by atoms with Crippen molar-refractivity contribution in [2.24, 2.45) is 0 Å². The number of methoxy groups -OCH3 is 3. The Labute approximate surface area is 178 Å². The van der Waals surface area contributed by atoms with E-state index in [0.29, 0.717) is 20.2 Å². The molecule has 1 aliphatic rings. The van der Waals surface area contributed by atoms with Gasteiger partial charge in [0.1, 0.15) is 5.70 Å². The van der Waals surface area contributed by atoms with Gasteiger partial charge >= 0.3 is 17.9 Å². The number of benzene rings is 1. The number of hydrogen-bond acceptors (Lipinski definition) is 7. The third-order valence-corrected chi connectivity index (χ3v) is 5.30. The van der Waals surface area contributed by atoms with Crippen LogP contribution < -0.4 is 4.90 Å². The second-order valence-corrected chi connectivity index (χ2v) is 7.17. The maximum atomic E-state index is 12.6. The van der Waals surface area contributed by atoms with Crippen molar-refractivity contribution in [1.29, 1.82) is 0 Å². The Kier molecular flexibility index (Phi) is 7.20. The number of carbonyl (C=O) groups is 3. The highest BCUT2D eigenvalue weighted by Crippen LogP contribution is 2.40. The Morgan fingerprint density at radius 3 is 2.11 bits per heavy atom. The molecule has 0 aliphatic carbocycles. The van der Waals surface area contributed by atoms with Crippen molar-refractivity contribution in [3.8, 4) is 0 Å². The molecule has 1 aliphatic heterocycles. The van der Waals surface area contributed by atoms with Crippen LogP contribution in [0.4, 0.5) is 5.69 Å². The molecule has 0 radical (unpaired) electrons. The molecule has 1 heterocycles. The lowest BCUT2D eigenvalue weighted by atomic mass is 10.1. The van der Waals surface area contributed by atoms with Crippen LogP contribution in [0.5, 0.6) is 0 Å². The topological polar surface area (TPSA) is 82.1 Å². The quantitative estimate of drug-likeness (QED) is 0.446. The van der Waals surface area contributed by atoms with Gasteiger partial charge in [-0.15, -0.1) is 0 Å². The Bertz CT molecular complexity index is 933. The van der Waals surface area contributed by atoms with E-state index >= 15 is 0 Å². The summed E-state index contributed by atoms with van der Waals surface area (Å²) in [5, 5.41) is 0. The number of aryl methyl sites for hydroxylation is 1. The van der Waals surface area contributed by atoms with E-state index in [4.69, 9.17) is 14.2 Å². The van der Waals surface area contributed by atoms with E-state index in [2.05, 4.69) is 31.9 Å². The number of carbonyl (C=O) groups excluding carboxylic acids is 3. The van der Waals surface area contributed by atoms with Gasteiger partial charge in [-0.25, -0.2) is 14.4 Å². The van der Waals surface area contributed by atoms with Crippen LogP contribution in [-0.2, 0) is 23.8 Å². The van der Waals surface area contributed by atoms with Gasteiger partial charge < -0.3 is 19.1 Å². The minimum atomic E-state index is -0.745. The van der Waals surface area contributed by atoms with Gasteiger partial charge in [-0.1, -0.05) is 6.08 Å². The summed E-state index contributed by atoms with van der Waals surface area (Å²) in [7, 11) is 3.70. The zero-order valence-corrected chi connectivity index (χ0v) is 18.7. The largest absolute Gasteiger partial charge is 0.465 e. The summed E-state index contributed by atoms with van der Waals surface area (Å²) in [5.74, 6) is -2.02. The van der Waals surface area contributed by atoms with Gasteiger partial charge in [0.15, 0.2) is 0 Å². The predicted octanol–water partition coefficient (Wildman–Crippen LogP) is 3.80. The van der Waals surface area contributed by atoms with Crippen LogP contribution in [0, 0.1) is 6.92 Å². The Hall–Kier alpha value is -2.39. The molecule has 0 atom stereocenters. The van der Waals surface area contributed by atoms with Gasteiger partial charge in [-0.05, 0) is 62.6 Å². The second-order valence-electron chi connectivity index (χ2n) is 5.52. The zero-order valence-electron chi connectivity index (χ0n) is 15.5. The number of allylic oxidation sites excluding steroid dienone is 2. The fraction of sp³-hybridized carbons (Fsp3) is 0.211. The molecule has 0 fully saturated rings. The normalized spacial score (nSPS) is 13.3. The first-order valence-electron chi connectivity index (χ1n) is 7.90. The molecule has 7 nitrogen and oxygen atoms in total. The number of anilines is 1. The molecular weight excluding hydrogens is 498 g/mol. The van der Waals surface area contributed by atoms with Crippen molar-refractivity contribution < 1.29 is 28.6 Å². The van der Waals surface area contributed by atoms with E-state index in [9.17, 15) is 14.4 Å². The maximum Gasteiger partial charge on any atom is 0.355 e. The predicted molar refractivity (Wildman–Crippen MR) is 110 cm³/mol. The lowest BCUT2D eigenvalue weighted by molar-refractivity contribution is -0.139. The number of halogens is 2. The van der Waals surface area contributed by atoms with Crippen molar-refractivity contribution in [2.45, 2.75) is 6.92 Å². The molecule has 0 spiro atoms. The van der Waals surface area contributed by atoms with Gasteiger partial charge in [0.05, 0.1) is 42.6 Å². The van der Waals surface area contributed by atoms with Crippen molar-refractivity contribution >= 4 is 55.5 Å². The summed E-state index contributed by atoms with van der Waals surface area (Å²) in [6.45, 7) is 1.80. The average Bonchev–Trinajstić information content (AvgIpc) is 2.89. The van der Waals surface area contributed by atoms with Crippen LogP contribution in [0.3, 0.4) is 0 Å². The lowest BCUT2D eigenvalue weighted by Crippen LogP contribution is -2.28. The molecule has 1 aromatic rings. The second kappa shape index (κ2) is 9.20. The van der Waals surface area contributed by atoms with E-state index in [0.717, 1.165) is 0 Å². The molecule has 1 aromatic carbocycles. The molecule has 0 N–H and O–H groups in total. The molecule has 0 aromatic heterocycles. The van der Waals surface area contributed by atoms with Crippen molar-refractivity contribution in [1.82, 2.24) is 0 Å². The fourth-order valence-electron chi connectivity index (χ4n) is 2.65. The number of ether oxygens (including phenoxy) is 3. The van der Waals surface area contributed by atoms with E-state index < -0.39 is 17.9 Å². The van der Waals surface area contributed by atoms with Crippen LogP contribution in [0.15, 0.2) is 50.7 Å². The van der Waals surface area contributed by atoms with Gasteiger partial charge in [-0.2, -0.15) is 0 Å². The zero-order chi connectivity index (χ0) is 21.0. The molecule has 148 valence electrons. The summed E-state index contributed by atoms with van der Waals surface area (Å²) < 4.78 is 15.4. The number of nitrogens with zero attached hydrogens (tertiary/aromatic N) is 1. The Morgan fingerprint density at radius 2 is 1.54 bits per heavy atom. The van der Waals surface area contributed by atoms with E-state index in [-0.39, 0.29) is 16.8 Å². The minimum absolute atomic E-state index is 0.00758. The monoisotopic (exact) mass is 513 g/mol. The van der Waals surface area contributed by atoms with Crippen LogP contribution in [-0.4, -0.2) is 39.2 Å². The number of rotatable bonds is 4. The van der Waals surface area contributed by atoms with Gasteiger partial charge in [-0.3, -0.25) is 0 Å². The standard InChI is InChI=1S/C19H17Br2NO6/c1-10-9-12(20)13(18(24)27-3)14(21)15(10)22-8-6-5-7-11(17(23)26-2)16(22)19(25)28-4/h5-9H,1-4H3. The molecule has 28 heavy (non-hydrogen) atoms. The van der Waals surface area contributed by atoms with Crippen LogP contribution >= 0.6 is 31.9 Å². The minimum Gasteiger partial charge on any atom is -0.465 e. The smallest absolute Gasteiger partial charge is 0.355 e. The van der Waals surface area contributed by atoms with Gasteiger partial charge in [0.25, 0.3) is 0 Å². The summed E-state index contributed by atoms with van der Waals surface area (Å²) in [5.41, 5.74) is 1.36. The summed E-state index contributed by atoms with van der Waals surface area (Å²) in [4.78, 5) is 38.6. The first-order chi connectivity index (χ1) is 13.3. The average molecular weight is 515 g/mol. The first-order valence-corrected chi connectivity index (χ1v) is 9.48. The molecule has 2 rings (SSSR count). The van der Waals surface area contributed by atoms with Crippen LogP contribution in [0.2, 0.25) is 0 Å². The third-order valence-electron chi connectivity index (χ3n) is 3.90. The molecule has 0 saturated heterocycles. The third kappa shape index (κ3) is 4.05. The Balaban J connectivity index is 2.86. The molecule has 0 saturated carbocycles. The number of hydrogen-bond donors (Lipinski definition) is 0. The maximum absolute atomic E-state index is 12.6. The molecule has 0 amide bonds. The fourth-order valence-corrected chi connectivity index (χ4v) is 4.50. The SMILES string of the molecule is COC(=O)C1=C(C(=O)OC)N(c2c(C)cc(Br)c(C(=O)OC)c2Br)C=CC=C1. The van der Waals surface area contributed by atoms with Gasteiger partial charge in [0, 0.05) is 10.7 Å². The van der Waals surface area contributed by atoms with Crippen LogP contribution in [0.25, 0.3) is 0 Å².